The fourth-order valence-corrected chi connectivity index (χ4v) is 12.9. The minimum atomic E-state index is -0.0941. The Bertz CT molecular complexity index is 3390. The summed E-state index contributed by atoms with van der Waals surface area (Å²) in [5.74, 6) is 0. The molecule has 1 saturated carbocycles. The normalized spacial score (nSPS) is 19.8. The van der Waals surface area contributed by atoms with Crippen LogP contribution in [0.15, 0.2) is 138 Å². The second kappa shape index (κ2) is 14.4. The number of nitrogens with zero attached hydrogens (tertiary/aromatic N) is 3. The van der Waals surface area contributed by atoms with Gasteiger partial charge in [-0.05, 0) is 154 Å². The molecule has 7 aromatic carbocycles. The van der Waals surface area contributed by atoms with E-state index in [0.717, 1.165) is 34.0 Å². The SMILES string of the molecule is Cc1cc2c3c(c1)N(c1cccc4oc5ccccc5c14)c1cc(N4c5ccc(C(C)(C)C)cc5C5(C)CCCCC45C)ccc1B3c1ccc(C(C)(C)C)cc1N2c1cccc(C(C)(C)C)c1. The minimum Gasteiger partial charge on any atom is -0.456 e. The summed E-state index contributed by atoms with van der Waals surface area (Å²) < 4.78 is 6.68. The number of hydrogen-bond donors (Lipinski definition) is 0. The summed E-state index contributed by atoms with van der Waals surface area (Å²) in [7, 11) is 0. The first kappa shape index (κ1) is 43.1. The zero-order valence-electron chi connectivity index (χ0n) is 42.4. The first-order valence-corrected chi connectivity index (χ1v) is 25.3. The van der Waals surface area contributed by atoms with Crippen molar-refractivity contribution >= 4 is 90.5 Å². The monoisotopic (exact) mass is 892 g/mol. The molecule has 12 rings (SSSR count). The predicted molar refractivity (Wildman–Crippen MR) is 291 cm³/mol. The van der Waals surface area contributed by atoms with Crippen LogP contribution in [-0.2, 0) is 21.7 Å². The second-order valence-corrected chi connectivity index (χ2v) is 24.3. The van der Waals surface area contributed by atoms with Gasteiger partial charge in [0.15, 0.2) is 0 Å². The number of furan rings is 1. The van der Waals surface area contributed by atoms with Crippen LogP contribution in [0.2, 0.25) is 0 Å². The van der Waals surface area contributed by atoms with Crippen molar-refractivity contribution in [2.24, 2.45) is 0 Å². The fraction of sp³-hybridized carbons (Fsp3) is 0.333. The lowest BCUT2D eigenvalue weighted by molar-refractivity contribution is 0.195. The molecule has 4 nitrogen and oxygen atoms in total. The molecule has 2 unspecified atom stereocenters. The average Bonchev–Trinajstić information content (AvgIpc) is 3.77. The maximum atomic E-state index is 6.68. The van der Waals surface area contributed by atoms with E-state index in [9.17, 15) is 0 Å². The van der Waals surface area contributed by atoms with E-state index in [1.807, 2.05) is 0 Å². The van der Waals surface area contributed by atoms with Gasteiger partial charge < -0.3 is 19.1 Å². The molecule has 1 fully saturated rings. The van der Waals surface area contributed by atoms with E-state index in [0.29, 0.717) is 0 Å². The molecular weight excluding hydrogens is 826 g/mol. The molecule has 68 heavy (non-hydrogen) atoms. The molecular formula is C63H66BN3O. The largest absolute Gasteiger partial charge is 0.456 e. The van der Waals surface area contributed by atoms with Crippen molar-refractivity contribution in [3.05, 3.63) is 161 Å². The summed E-state index contributed by atoms with van der Waals surface area (Å²) in [6.07, 6.45) is 4.82. The number of fused-ring (bicyclic) bond motifs is 10. The van der Waals surface area contributed by atoms with E-state index in [4.69, 9.17) is 4.42 Å². The van der Waals surface area contributed by atoms with Gasteiger partial charge in [0, 0.05) is 50.6 Å². The molecule has 3 aliphatic heterocycles. The topological polar surface area (TPSA) is 22.9 Å². The van der Waals surface area contributed by atoms with Crippen molar-refractivity contribution in [3.8, 4) is 0 Å². The van der Waals surface area contributed by atoms with Crippen LogP contribution in [-0.4, -0.2) is 12.3 Å². The van der Waals surface area contributed by atoms with E-state index in [1.165, 1.54) is 103 Å². The van der Waals surface area contributed by atoms with Crippen molar-refractivity contribution in [1.29, 1.82) is 0 Å². The first-order chi connectivity index (χ1) is 32.3. The summed E-state index contributed by atoms with van der Waals surface area (Å²) in [5, 5.41) is 2.27. The number of para-hydroxylation sites is 1. The molecule has 0 spiro atoms. The Hall–Kier alpha value is -6.20. The van der Waals surface area contributed by atoms with Crippen molar-refractivity contribution < 1.29 is 4.42 Å². The Morgan fingerprint density at radius 1 is 0.500 bits per heavy atom. The Morgan fingerprint density at radius 2 is 1.12 bits per heavy atom. The highest BCUT2D eigenvalue weighted by atomic mass is 16.3. The summed E-state index contributed by atoms with van der Waals surface area (Å²) in [6.45, 7) is 28.5. The van der Waals surface area contributed by atoms with Gasteiger partial charge in [0.05, 0.1) is 16.6 Å². The van der Waals surface area contributed by atoms with Gasteiger partial charge in [-0.1, -0.05) is 149 Å². The van der Waals surface area contributed by atoms with Crippen LogP contribution in [0.3, 0.4) is 0 Å². The van der Waals surface area contributed by atoms with Gasteiger partial charge in [0.25, 0.3) is 6.71 Å². The molecule has 1 aliphatic carbocycles. The van der Waals surface area contributed by atoms with Gasteiger partial charge in [0.2, 0.25) is 0 Å². The highest BCUT2D eigenvalue weighted by molar-refractivity contribution is 7.00. The first-order valence-electron chi connectivity index (χ1n) is 25.3. The molecule has 4 aliphatic rings. The molecule has 8 aromatic rings. The number of benzene rings is 7. The van der Waals surface area contributed by atoms with E-state index >= 15 is 0 Å². The fourth-order valence-electron chi connectivity index (χ4n) is 12.9. The Morgan fingerprint density at radius 3 is 1.87 bits per heavy atom. The van der Waals surface area contributed by atoms with Crippen LogP contribution in [0.25, 0.3) is 21.9 Å². The number of rotatable bonds is 3. The third kappa shape index (κ3) is 6.12. The summed E-state index contributed by atoms with van der Waals surface area (Å²) >= 11 is 0. The summed E-state index contributed by atoms with van der Waals surface area (Å²) in [5.41, 5.74) is 22.5. The van der Waals surface area contributed by atoms with Crippen LogP contribution >= 0.6 is 0 Å². The highest BCUT2D eigenvalue weighted by Gasteiger charge is 2.58. The predicted octanol–water partition coefficient (Wildman–Crippen LogP) is 15.6. The number of anilines is 8. The summed E-state index contributed by atoms with van der Waals surface area (Å²) in [6, 6.07) is 51.7. The average molecular weight is 892 g/mol. The van der Waals surface area contributed by atoms with E-state index < -0.39 is 0 Å². The standard InChI is InChI=1S/C63H66BN3O/c1-39-33-53-58-54(34-39)66(50-22-18-24-56-57(50)45-21-13-14-23-55(45)68-56)52-38-44(67-49-30-26-41(60(5,6)7)36-46(49)62(11)31-15-16-32-63(62,67)12)27-29-48(52)64(58)47-28-25-42(61(8,9)10)37-51(47)65(53)43-20-17-19-40(35-43)59(2,3)4/h13-14,17-30,33-38H,15-16,31-32H2,1-12H3. The van der Waals surface area contributed by atoms with Crippen LogP contribution < -0.4 is 31.1 Å². The third-order valence-electron chi connectivity index (χ3n) is 16.9. The molecule has 0 saturated heterocycles. The molecule has 2 atom stereocenters. The van der Waals surface area contributed by atoms with Crippen LogP contribution in [0.1, 0.15) is 130 Å². The van der Waals surface area contributed by atoms with E-state index in [1.54, 1.807) is 0 Å². The van der Waals surface area contributed by atoms with Gasteiger partial charge >= 0.3 is 0 Å². The third-order valence-corrected chi connectivity index (χ3v) is 16.9. The van der Waals surface area contributed by atoms with E-state index in [-0.39, 0.29) is 33.9 Å². The van der Waals surface area contributed by atoms with Gasteiger partial charge in [-0.25, -0.2) is 0 Å². The zero-order chi connectivity index (χ0) is 47.4. The van der Waals surface area contributed by atoms with Gasteiger partial charge in [-0.2, -0.15) is 0 Å². The van der Waals surface area contributed by atoms with Crippen LogP contribution in [0.5, 0.6) is 0 Å². The van der Waals surface area contributed by atoms with Crippen LogP contribution in [0, 0.1) is 6.92 Å². The summed E-state index contributed by atoms with van der Waals surface area (Å²) in [4.78, 5) is 7.98. The van der Waals surface area contributed by atoms with Crippen molar-refractivity contribution in [1.82, 2.24) is 0 Å². The lowest BCUT2D eigenvalue weighted by Gasteiger charge is -2.50. The van der Waals surface area contributed by atoms with Gasteiger partial charge in [-0.15, -0.1) is 0 Å². The second-order valence-electron chi connectivity index (χ2n) is 24.3. The Kier molecular flexibility index (Phi) is 9.14. The molecule has 0 radical (unpaired) electrons. The molecule has 5 heteroatoms. The van der Waals surface area contributed by atoms with E-state index in [2.05, 4.69) is 231 Å². The lowest BCUT2D eigenvalue weighted by atomic mass is 9.33. The Balaban J connectivity index is 1.17. The van der Waals surface area contributed by atoms with Crippen LogP contribution in [0.4, 0.5) is 45.5 Å². The molecule has 4 heterocycles. The highest BCUT2D eigenvalue weighted by Crippen LogP contribution is 2.62. The smallest absolute Gasteiger partial charge is 0.252 e. The molecule has 342 valence electrons. The quantitative estimate of drug-likeness (QED) is 0.165. The number of aryl methyl sites for hydroxylation is 1. The van der Waals surface area contributed by atoms with Crippen molar-refractivity contribution in [2.75, 3.05) is 14.7 Å². The maximum Gasteiger partial charge on any atom is 0.252 e. The lowest BCUT2D eigenvalue weighted by Crippen LogP contribution is -2.61. The van der Waals surface area contributed by atoms with Crippen molar-refractivity contribution in [3.63, 3.8) is 0 Å². The van der Waals surface area contributed by atoms with Crippen molar-refractivity contribution in [2.45, 2.75) is 136 Å². The van der Waals surface area contributed by atoms with Gasteiger partial charge in [0.1, 0.15) is 11.2 Å². The number of hydrogen-bond acceptors (Lipinski definition) is 4. The molecule has 0 N–H and O–H groups in total. The zero-order valence-corrected chi connectivity index (χ0v) is 42.4. The van der Waals surface area contributed by atoms with Gasteiger partial charge in [-0.3, -0.25) is 0 Å². The molecule has 0 bridgehead atoms. The maximum absolute atomic E-state index is 6.68. The Labute approximate surface area is 405 Å². The molecule has 0 amide bonds. The minimum absolute atomic E-state index is 0.00278. The molecule has 1 aromatic heterocycles.